The number of hydrogen-bond donors (Lipinski definition) is 0. The van der Waals surface area contributed by atoms with Gasteiger partial charge in [-0.1, -0.05) is 12.8 Å². The van der Waals surface area contributed by atoms with Crippen LogP contribution in [0.1, 0.15) is 39.0 Å². The van der Waals surface area contributed by atoms with Crippen molar-refractivity contribution in [1.29, 1.82) is 0 Å². The maximum absolute atomic E-state index is 12.2. The molecule has 104 valence electrons. The van der Waals surface area contributed by atoms with Gasteiger partial charge < -0.3 is 9.64 Å². The van der Waals surface area contributed by atoms with Crippen molar-refractivity contribution in [1.82, 2.24) is 0 Å². The van der Waals surface area contributed by atoms with Gasteiger partial charge in [-0.2, -0.15) is 0 Å². The molecule has 4 heteroatoms. The maximum atomic E-state index is 12.2. The number of thiophene rings is 1. The number of carbonyl (C=O) groups is 1. The molecule has 1 aromatic heterocycles. The average molecular weight is 279 g/mol. The van der Waals surface area contributed by atoms with Crippen LogP contribution >= 0.6 is 11.3 Å². The summed E-state index contributed by atoms with van der Waals surface area (Å²) >= 11 is 1.73. The first-order chi connectivity index (χ1) is 9.31. The Morgan fingerprint density at radius 2 is 2.32 bits per heavy atom. The lowest BCUT2D eigenvalue weighted by Crippen LogP contribution is -2.42. The van der Waals surface area contributed by atoms with E-state index in [1.165, 1.54) is 30.7 Å². The summed E-state index contributed by atoms with van der Waals surface area (Å²) in [4.78, 5) is 14.6. The summed E-state index contributed by atoms with van der Waals surface area (Å²) in [6.07, 6.45) is 6.07. The normalized spacial score (nSPS) is 30.2. The summed E-state index contributed by atoms with van der Waals surface area (Å²) in [7, 11) is 0. The van der Waals surface area contributed by atoms with Crippen molar-refractivity contribution >= 4 is 22.3 Å². The standard InChI is InChI=1S/C15H21NO2S/c1-2-18-15(17)13-10-11-6-3-4-7-12(11)16(13)14-8-5-9-19-14/h5,8-9,11-13H,2-4,6-7,10H2,1H3/t11-,12-,13-/m0/s1. The van der Waals surface area contributed by atoms with Crippen LogP contribution in [0.3, 0.4) is 0 Å². The first-order valence-electron chi connectivity index (χ1n) is 7.29. The highest BCUT2D eigenvalue weighted by atomic mass is 32.1. The van der Waals surface area contributed by atoms with E-state index in [0.29, 0.717) is 18.6 Å². The first kappa shape index (κ1) is 13.0. The first-order valence-corrected chi connectivity index (χ1v) is 8.17. The Bertz CT molecular complexity index is 431. The predicted molar refractivity (Wildman–Crippen MR) is 77.6 cm³/mol. The molecule has 0 unspecified atom stereocenters. The summed E-state index contributed by atoms with van der Waals surface area (Å²) in [5.74, 6) is 0.635. The molecule has 3 nitrogen and oxygen atoms in total. The zero-order valence-electron chi connectivity index (χ0n) is 11.4. The van der Waals surface area contributed by atoms with Crippen molar-refractivity contribution < 1.29 is 9.53 Å². The van der Waals surface area contributed by atoms with E-state index in [4.69, 9.17) is 4.74 Å². The molecule has 2 aliphatic rings. The molecule has 0 radical (unpaired) electrons. The summed E-state index contributed by atoms with van der Waals surface area (Å²) < 4.78 is 5.28. The van der Waals surface area contributed by atoms with Crippen LogP contribution in [0.15, 0.2) is 17.5 Å². The fourth-order valence-corrected chi connectivity index (χ4v) is 4.48. The maximum Gasteiger partial charge on any atom is 0.328 e. The highest BCUT2D eigenvalue weighted by molar-refractivity contribution is 7.14. The van der Waals surface area contributed by atoms with Crippen LogP contribution in [0.4, 0.5) is 5.00 Å². The molecular weight excluding hydrogens is 258 g/mol. The van der Waals surface area contributed by atoms with Crippen molar-refractivity contribution in [2.24, 2.45) is 5.92 Å². The monoisotopic (exact) mass is 279 g/mol. The van der Waals surface area contributed by atoms with E-state index in [-0.39, 0.29) is 12.0 Å². The third kappa shape index (κ3) is 2.38. The lowest BCUT2D eigenvalue weighted by molar-refractivity contribution is -0.144. The zero-order chi connectivity index (χ0) is 13.2. The molecule has 0 bridgehead atoms. The number of fused-ring (bicyclic) bond motifs is 1. The van der Waals surface area contributed by atoms with Gasteiger partial charge in [0.15, 0.2) is 0 Å². The van der Waals surface area contributed by atoms with Crippen LogP contribution in [-0.4, -0.2) is 24.7 Å². The molecule has 1 aromatic rings. The molecule has 2 heterocycles. The van der Waals surface area contributed by atoms with Gasteiger partial charge in [-0.3, -0.25) is 0 Å². The molecule has 2 fully saturated rings. The fourth-order valence-electron chi connectivity index (χ4n) is 3.64. The van der Waals surface area contributed by atoms with Gasteiger partial charge in [-0.15, -0.1) is 11.3 Å². The van der Waals surface area contributed by atoms with Gasteiger partial charge in [0.05, 0.1) is 11.6 Å². The zero-order valence-corrected chi connectivity index (χ0v) is 12.2. The Balaban J connectivity index is 1.87. The second kappa shape index (κ2) is 5.53. The van der Waals surface area contributed by atoms with Gasteiger partial charge >= 0.3 is 5.97 Å². The SMILES string of the molecule is CCOC(=O)[C@@H]1C[C@@H]2CCCC[C@@H]2N1c1cccs1. The van der Waals surface area contributed by atoms with Crippen molar-refractivity contribution in [3.63, 3.8) is 0 Å². The largest absolute Gasteiger partial charge is 0.464 e. The third-order valence-electron chi connectivity index (χ3n) is 4.41. The molecule has 1 aliphatic heterocycles. The molecule has 19 heavy (non-hydrogen) atoms. The molecule has 1 saturated carbocycles. The number of ether oxygens (including phenoxy) is 1. The number of nitrogens with zero attached hydrogens (tertiary/aromatic N) is 1. The topological polar surface area (TPSA) is 29.5 Å². The van der Waals surface area contributed by atoms with E-state index in [2.05, 4.69) is 22.4 Å². The van der Waals surface area contributed by atoms with Crippen LogP contribution in [0, 0.1) is 5.92 Å². The summed E-state index contributed by atoms with van der Waals surface area (Å²) in [6.45, 7) is 2.36. The minimum absolute atomic E-state index is 0.0368. The Hall–Kier alpha value is -1.03. The molecule has 1 saturated heterocycles. The minimum Gasteiger partial charge on any atom is -0.464 e. The van der Waals surface area contributed by atoms with E-state index in [1.807, 2.05) is 6.92 Å². The van der Waals surface area contributed by atoms with Crippen molar-refractivity contribution in [3.8, 4) is 0 Å². The quantitative estimate of drug-likeness (QED) is 0.794. The molecule has 0 spiro atoms. The molecule has 0 amide bonds. The Morgan fingerprint density at radius 1 is 1.47 bits per heavy atom. The third-order valence-corrected chi connectivity index (χ3v) is 5.29. The number of rotatable bonds is 3. The van der Waals surface area contributed by atoms with Crippen LogP contribution in [0.2, 0.25) is 0 Å². The van der Waals surface area contributed by atoms with E-state index in [9.17, 15) is 4.79 Å². The summed E-state index contributed by atoms with van der Waals surface area (Å²) in [6, 6.07) is 4.68. The minimum atomic E-state index is -0.0632. The molecule has 0 N–H and O–H groups in total. The van der Waals surface area contributed by atoms with E-state index >= 15 is 0 Å². The number of hydrogen-bond acceptors (Lipinski definition) is 4. The van der Waals surface area contributed by atoms with Gasteiger partial charge in [0.1, 0.15) is 6.04 Å². The van der Waals surface area contributed by atoms with Crippen molar-refractivity contribution in [3.05, 3.63) is 17.5 Å². The Morgan fingerprint density at radius 3 is 3.05 bits per heavy atom. The second-order valence-electron chi connectivity index (χ2n) is 5.47. The Labute approximate surface area is 118 Å². The van der Waals surface area contributed by atoms with Gasteiger partial charge in [-0.05, 0) is 49.6 Å². The van der Waals surface area contributed by atoms with E-state index in [0.717, 1.165) is 6.42 Å². The number of esters is 1. The lowest BCUT2D eigenvalue weighted by atomic mass is 9.85. The summed E-state index contributed by atoms with van der Waals surface area (Å²) in [5.41, 5.74) is 0. The van der Waals surface area contributed by atoms with Gasteiger partial charge in [0, 0.05) is 6.04 Å². The Kier molecular flexibility index (Phi) is 3.78. The summed E-state index contributed by atoms with van der Waals surface area (Å²) in [5, 5.41) is 3.32. The highest BCUT2D eigenvalue weighted by Gasteiger charge is 2.46. The van der Waals surface area contributed by atoms with Crippen LogP contribution < -0.4 is 4.90 Å². The van der Waals surface area contributed by atoms with Crippen LogP contribution in [0.5, 0.6) is 0 Å². The van der Waals surface area contributed by atoms with Crippen molar-refractivity contribution in [2.75, 3.05) is 11.5 Å². The smallest absolute Gasteiger partial charge is 0.328 e. The van der Waals surface area contributed by atoms with Gasteiger partial charge in [-0.25, -0.2) is 4.79 Å². The molecule has 0 aromatic carbocycles. The number of anilines is 1. The lowest BCUT2D eigenvalue weighted by Gasteiger charge is -2.33. The van der Waals surface area contributed by atoms with Crippen molar-refractivity contribution in [2.45, 2.75) is 51.1 Å². The predicted octanol–water partition coefficient (Wildman–Crippen LogP) is 3.45. The van der Waals surface area contributed by atoms with Crippen LogP contribution in [-0.2, 0) is 9.53 Å². The van der Waals surface area contributed by atoms with E-state index in [1.54, 1.807) is 11.3 Å². The molecular formula is C15H21NO2S. The van der Waals surface area contributed by atoms with E-state index < -0.39 is 0 Å². The molecule has 1 aliphatic carbocycles. The fraction of sp³-hybridized carbons (Fsp3) is 0.667. The molecule has 3 atom stereocenters. The van der Waals surface area contributed by atoms with Crippen LogP contribution in [0.25, 0.3) is 0 Å². The van der Waals surface area contributed by atoms with Gasteiger partial charge in [0.2, 0.25) is 0 Å². The second-order valence-corrected chi connectivity index (χ2v) is 6.40. The number of carbonyl (C=O) groups excluding carboxylic acids is 1. The average Bonchev–Trinajstić information content (AvgIpc) is 3.05. The van der Waals surface area contributed by atoms with Gasteiger partial charge in [0.25, 0.3) is 0 Å². The molecule has 3 rings (SSSR count). The highest BCUT2D eigenvalue weighted by Crippen LogP contribution is 2.43.